The van der Waals surface area contributed by atoms with Gasteiger partial charge in [-0.1, -0.05) is 106 Å². The van der Waals surface area contributed by atoms with Gasteiger partial charge in [0.25, 0.3) is 0 Å². The lowest BCUT2D eigenvalue weighted by atomic mass is 9.82. The summed E-state index contributed by atoms with van der Waals surface area (Å²) in [5.74, 6) is -7.40. The molecule has 2 bridgehead atoms. The molecule has 2 fully saturated rings. The zero-order valence-electron chi connectivity index (χ0n) is 38.0. The first-order valence-electron chi connectivity index (χ1n) is 22.6. The Balaban J connectivity index is 1.86. The Bertz CT molecular complexity index is 1660. The SMILES string of the molecule is C[C@@H]1[C@H](O)[C@@H](C)/C=C/C=C/C=C/C=C/C=C/C=C/C=C/[C@H](OC2O[C@@H](C)[C@H](O)[C@@H](C)[C@H]2O)C[C@@H]2O[C@](O)(C[C@@H](O)C[C@@H](O)[C@H](O)CC[C@@H](O)C[C@@H](O)CC(=O)O[C@H]1C)C[C@H](O)[C@H]2C(=O)O. The molecule has 17 heteroatoms. The van der Waals surface area contributed by atoms with Crippen LogP contribution in [0.3, 0.4) is 0 Å². The fourth-order valence-corrected chi connectivity index (χ4v) is 8.15. The fourth-order valence-electron chi connectivity index (χ4n) is 8.15. The largest absolute Gasteiger partial charge is 0.481 e. The molecule has 0 amide bonds. The van der Waals surface area contributed by atoms with E-state index in [4.69, 9.17) is 18.9 Å². The van der Waals surface area contributed by atoms with Crippen molar-refractivity contribution in [1.29, 1.82) is 0 Å². The van der Waals surface area contributed by atoms with Gasteiger partial charge in [0, 0.05) is 43.4 Å². The number of rotatable bonds is 3. The predicted octanol–water partition coefficient (Wildman–Crippen LogP) is 2.02. The number of aliphatic carboxylic acids is 1. The molecule has 0 aromatic heterocycles. The molecule has 65 heavy (non-hydrogen) atoms. The van der Waals surface area contributed by atoms with Crippen molar-refractivity contribution in [3.05, 3.63) is 85.1 Å². The number of carboxylic acid groups (broad SMARTS) is 1. The summed E-state index contributed by atoms with van der Waals surface area (Å²) in [5.41, 5.74) is 0. The molecule has 0 aromatic rings. The van der Waals surface area contributed by atoms with Crippen molar-refractivity contribution in [2.45, 2.75) is 177 Å². The van der Waals surface area contributed by atoms with Crippen LogP contribution < -0.4 is 0 Å². The maximum atomic E-state index is 12.6. The van der Waals surface area contributed by atoms with Crippen LogP contribution in [0, 0.1) is 23.7 Å². The number of carbonyl (C=O) groups is 2. The summed E-state index contributed by atoms with van der Waals surface area (Å²) in [6.45, 7) is 8.46. The average molecular weight is 923 g/mol. The van der Waals surface area contributed by atoms with Crippen molar-refractivity contribution in [3.8, 4) is 0 Å². The van der Waals surface area contributed by atoms with Gasteiger partial charge in [0.1, 0.15) is 18.1 Å². The van der Waals surface area contributed by atoms with Crippen molar-refractivity contribution in [3.63, 3.8) is 0 Å². The van der Waals surface area contributed by atoms with E-state index >= 15 is 0 Å². The molecule has 19 atom stereocenters. The van der Waals surface area contributed by atoms with Crippen LogP contribution >= 0.6 is 0 Å². The first kappa shape index (κ1) is 55.9. The van der Waals surface area contributed by atoms with Crippen LogP contribution in [0.1, 0.15) is 86.0 Å². The summed E-state index contributed by atoms with van der Waals surface area (Å²) in [4.78, 5) is 25.1. The van der Waals surface area contributed by atoms with Gasteiger partial charge in [-0.15, -0.1) is 0 Å². The standard InChI is InChI=1S/C48H74O17/c1-28-18-16-14-12-10-8-6-7-9-11-13-15-17-19-36(64-47-45(58)30(3)44(57)32(5)63-47)25-40-42(46(59)60)39(54)27-48(61,65-40)26-35(51)23-38(53)37(52)21-20-33(49)22-34(50)24-41(55)62-31(4)29(2)43(28)56/h6-19,28-40,42-45,47,49-54,56-58,61H,20-27H2,1-5H3,(H,59,60)/b7-6+,10-8+,11-9+,14-12+,15-13+,18-16+,19-17+/t28-,29-,30+,31-,32-,33+,34+,35-,36-,37+,38+,39-,40-,42+,43+,44+,45+,47?,48+/m0/s1. The second-order valence-corrected chi connectivity index (χ2v) is 17.8. The van der Waals surface area contributed by atoms with E-state index in [1.54, 1.807) is 82.4 Å². The molecule has 3 aliphatic heterocycles. The third-order valence-corrected chi connectivity index (χ3v) is 12.3. The number of cyclic esters (lactones) is 1. The number of aliphatic hydroxyl groups is 10. The molecular weight excluding hydrogens is 849 g/mol. The molecule has 0 aromatic carbocycles. The van der Waals surface area contributed by atoms with Crippen LogP contribution in [0.2, 0.25) is 0 Å². The molecule has 0 aliphatic carbocycles. The molecule has 3 heterocycles. The van der Waals surface area contributed by atoms with Crippen LogP contribution in [0.4, 0.5) is 0 Å². The molecule has 368 valence electrons. The zero-order valence-corrected chi connectivity index (χ0v) is 38.0. The number of hydrogen-bond donors (Lipinski definition) is 11. The summed E-state index contributed by atoms with van der Waals surface area (Å²) in [7, 11) is 0. The number of aliphatic hydroxyl groups excluding tert-OH is 9. The minimum Gasteiger partial charge on any atom is -0.481 e. The van der Waals surface area contributed by atoms with Crippen molar-refractivity contribution in [1.82, 2.24) is 0 Å². The lowest BCUT2D eigenvalue weighted by Crippen LogP contribution is -2.57. The topological polar surface area (TPSA) is 294 Å². The van der Waals surface area contributed by atoms with E-state index in [0.29, 0.717) is 0 Å². The number of fused-ring (bicyclic) bond motifs is 2. The minimum atomic E-state index is -2.31. The summed E-state index contributed by atoms with van der Waals surface area (Å²) < 4.78 is 23.3. The summed E-state index contributed by atoms with van der Waals surface area (Å²) in [6.07, 6.45) is 4.63. The first-order valence-corrected chi connectivity index (χ1v) is 22.6. The normalized spacial score (nSPS) is 45.5. The third-order valence-electron chi connectivity index (χ3n) is 12.3. The Morgan fingerprint density at radius 3 is 1.77 bits per heavy atom. The third kappa shape index (κ3) is 18.7. The zero-order chi connectivity index (χ0) is 48.4. The number of carbonyl (C=O) groups excluding carboxylic acids is 1. The Kier molecular flexibility index (Phi) is 23.6. The predicted molar refractivity (Wildman–Crippen MR) is 238 cm³/mol. The lowest BCUT2D eigenvalue weighted by Gasteiger charge is -2.45. The summed E-state index contributed by atoms with van der Waals surface area (Å²) in [6, 6.07) is 0. The minimum absolute atomic E-state index is 0.100. The van der Waals surface area contributed by atoms with E-state index in [1.807, 2.05) is 37.3 Å². The van der Waals surface area contributed by atoms with Crippen molar-refractivity contribution in [2.75, 3.05) is 0 Å². The van der Waals surface area contributed by atoms with Gasteiger partial charge in [-0.25, -0.2) is 0 Å². The molecule has 17 nitrogen and oxygen atoms in total. The Labute approximate surface area is 382 Å². The highest BCUT2D eigenvalue weighted by atomic mass is 16.7. The van der Waals surface area contributed by atoms with E-state index in [9.17, 15) is 65.8 Å². The van der Waals surface area contributed by atoms with Crippen molar-refractivity contribution < 1.29 is 84.7 Å². The van der Waals surface area contributed by atoms with Gasteiger partial charge in [-0.2, -0.15) is 0 Å². The number of allylic oxidation sites excluding steroid dienone is 12. The fraction of sp³-hybridized carbons (Fsp3) is 0.667. The van der Waals surface area contributed by atoms with Crippen LogP contribution in [-0.2, 0) is 28.5 Å². The van der Waals surface area contributed by atoms with Gasteiger partial charge in [0.05, 0.1) is 73.6 Å². The van der Waals surface area contributed by atoms with Gasteiger partial charge >= 0.3 is 11.9 Å². The monoisotopic (exact) mass is 922 g/mol. The van der Waals surface area contributed by atoms with Crippen molar-refractivity contribution in [2.24, 2.45) is 23.7 Å². The van der Waals surface area contributed by atoms with Crippen molar-refractivity contribution >= 4 is 11.9 Å². The first-order chi connectivity index (χ1) is 30.6. The van der Waals surface area contributed by atoms with E-state index in [2.05, 4.69) is 0 Å². The Morgan fingerprint density at radius 1 is 0.615 bits per heavy atom. The molecule has 0 saturated carbocycles. The Hall–Kier alpha value is -3.40. The summed E-state index contributed by atoms with van der Waals surface area (Å²) in [5, 5.41) is 118. The molecule has 3 aliphatic rings. The second-order valence-electron chi connectivity index (χ2n) is 17.8. The average Bonchev–Trinajstić information content (AvgIpc) is 3.21. The molecular formula is C48H74O17. The highest BCUT2D eigenvalue weighted by Gasteiger charge is 2.51. The van der Waals surface area contributed by atoms with E-state index in [0.717, 1.165) is 0 Å². The molecule has 0 spiro atoms. The van der Waals surface area contributed by atoms with Gasteiger partial charge in [-0.05, 0) is 33.1 Å². The quantitative estimate of drug-likeness (QED) is 0.181. The number of esters is 1. The van der Waals surface area contributed by atoms with Crippen LogP contribution in [0.15, 0.2) is 85.1 Å². The van der Waals surface area contributed by atoms with E-state index in [1.165, 1.54) is 0 Å². The van der Waals surface area contributed by atoms with Crippen LogP contribution in [-0.4, -0.2) is 160 Å². The van der Waals surface area contributed by atoms with Crippen LogP contribution in [0.5, 0.6) is 0 Å². The number of ether oxygens (including phenoxy) is 4. The molecule has 3 rings (SSSR count). The van der Waals surface area contributed by atoms with Gasteiger partial charge in [0.2, 0.25) is 0 Å². The molecule has 2 saturated heterocycles. The molecule has 11 N–H and O–H groups in total. The maximum Gasteiger partial charge on any atom is 0.311 e. The lowest BCUT2D eigenvalue weighted by molar-refractivity contribution is -0.311. The smallest absolute Gasteiger partial charge is 0.311 e. The van der Waals surface area contributed by atoms with E-state index in [-0.39, 0.29) is 31.6 Å². The molecule has 1 unspecified atom stereocenters. The Morgan fingerprint density at radius 2 is 1.18 bits per heavy atom. The van der Waals surface area contributed by atoms with Crippen LogP contribution in [0.25, 0.3) is 0 Å². The highest BCUT2D eigenvalue weighted by molar-refractivity contribution is 5.71. The van der Waals surface area contributed by atoms with E-state index < -0.39 is 147 Å². The van der Waals surface area contributed by atoms with Gasteiger partial charge in [-0.3, -0.25) is 9.59 Å². The second kappa shape index (κ2) is 27.4. The summed E-state index contributed by atoms with van der Waals surface area (Å²) >= 11 is 0. The molecule has 0 radical (unpaired) electrons. The number of hydrogen-bond acceptors (Lipinski definition) is 16. The maximum absolute atomic E-state index is 12.6. The highest BCUT2D eigenvalue weighted by Crippen LogP contribution is 2.38. The van der Waals surface area contributed by atoms with Gasteiger partial charge in [0.15, 0.2) is 12.1 Å². The van der Waals surface area contributed by atoms with Gasteiger partial charge < -0.3 is 75.1 Å². The number of carboxylic acids is 1.